The van der Waals surface area contributed by atoms with E-state index in [1.165, 1.54) is 18.0 Å². The third-order valence-corrected chi connectivity index (χ3v) is 5.83. The molecule has 4 rings (SSSR count). The van der Waals surface area contributed by atoms with E-state index in [1.54, 1.807) is 24.3 Å². The molecule has 1 heterocycles. The van der Waals surface area contributed by atoms with Crippen LogP contribution in [0, 0.1) is 17.5 Å². The maximum atomic E-state index is 14.1. The van der Waals surface area contributed by atoms with Crippen LogP contribution in [0.15, 0.2) is 54.6 Å². The van der Waals surface area contributed by atoms with Crippen LogP contribution in [0.25, 0.3) is 0 Å². The van der Waals surface area contributed by atoms with Crippen LogP contribution in [0.3, 0.4) is 0 Å². The molecule has 1 aliphatic heterocycles. The standard InChI is InChI=1S/C26H22ClF3N2O4/c1-32(21-4-2-17(27)3-5-21)26(34)22(10-15-8-18(28)13-19(29)9-15)31-24(33)12-16-11-20(30)14-23-25(16)36-7-6-35-23/h2-5,8-9,11,13-14,22H,6-7,10,12H2,1H3,(H,31,33). The topological polar surface area (TPSA) is 67.9 Å². The van der Waals surface area contributed by atoms with Crippen molar-refractivity contribution in [3.8, 4) is 11.5 Å². The lowest BCUT2D eigenvalue weighted by Crippen LogP contribution is -2.49. The van der Waals surface area contributed by atoms with Crippen molar-refractivity contribution in [3.05, 3.63) is 88.2 Å². The average molecular weight is 519 g/mol. The van der Waals surface area contributed by atoms with E-state index in [0.29, 0.717) is 16.8 Å². The summed E-state index contributed by atoms with van der Waals surface area (Å²) in [6.45, 7) is 0.491. The number of likely N-dealkylation sites (N-methyl/N-ethyl adjacent to an activating group) is 1. The highest BCUT2D eigenvalue weighted by Gasteiger charge is 2.27. The van der Waals surface area contributed by atoms with Gasteiger partial charge in [0.2, 0.25) is 11.8 Å². The van der Waals surface area contributed by atoms with Gasteiger partial charge in [0.1, 0.15) is 36.7 Å². The van der Waals surface area contributed by atoms with Crippen LogP contribution in [-0.4, -0.2) is 38.1 Å². The average Bonchev–Trinajstić information content (AvgIpc) is 2.82. The lowest BCUT2D eigenvalue weighted by molar-refractivity contribution is -0.127. The molecule has 0 spiro atoms. The van der Waals surface area contributed by atoms with E-state index in [1.807, 2.05) is 0 Å². The Morgan fingerprint density at radius 3 is 2.31 bits per heavy atom. The Morgan fingerprint density at radius 1 is 0.972 bits per heavy atom. The Labute approximate surface area is 210 Å². The first-order valence-electron chi connectivity index (χ1n) is 11.0. The van der Waals surface area contributed by atoms with E-state index in [0.717, 1.165) is 18.2 Å². The summed E-state index contributed by atoms with van der Waals surface area (Å²) >= 11 is 5.93. The van der Waals surface area contributed by atoms with Gasteiger partial charge in [0.05, 0.1) is 6.42 Å². The Kier molecular flexibility index (Phi) is 7.69. The molecule has 0 fully saturated rings. The van der Waals surface area contributed by atoms with Gasteiger partial charge in [-0.1, -0.05) is 11.6 Å². The number of rotatable bonds is 7. The number of amides is 2. The molecular formula is C26H22ClF3N2O4. The second-order valence-electron chi connectivity index (χ2n) is 8.24. The van der Waals surface area contributed by atoms with E-state index >= 15 is 0 Å². The monoisotopic (exact) mass is 518 g/mol. The highest BCUT2D eigenvalue weighted by atomic mass is 35.5. The zero-order valence-electron chi connectivity index (χ0n) is 19.2. The molecule has 0 bridgehead atoms. The van der Waals surface area contributed by atoms with Gasteiger partial charge in [-0.15, -0.1) is 0 Å². The highest BCUT2D eigenvalue weighted by Crippen LogP contribution is 2.35. The molecule has 2 amide bonds. The molecule has 0 aliphatic carbocycles. The minimum Gasteiger partial charge on any atom is -0.486 e. The lowest BCUT2D eigenvalue weighted by atomic mass is 10.0. The second kappa shape index (κ2) is 10.9. The molecule has 1 N–H and O–H groups in total. The fourth-order valence-corrected chi connectivity index (χ4v) is 4.05. The van der Waals surface area contributed by atoms with Crippen LogP contribution in [0.2, 0.25) is 5.02 Å². The number of nitrogens with zero attached hydrogens (tertiary/aromatic N) is 1. The number of halogens is 4. The molecule has 6 nitrogen and oxygen atoms in total. The maximum Gasteiger partial charge on any atom is 0.249 e. The number of carbonyl (C=O) groups excluding carboxylic acids is 2. The van der Waals surface area contributed by atoms with E-state index in [4.69, 9.17) is 21.1 Å². The number of carbonyl (C=O) groups is 2. The molecule has 10 heteroatoms. The first kappa shape index (κ1) is 25.4. The number of anilines is 1. The quantitative estimate of drug-likeness (QED) is 0.501. The lowest BCUT2D eigenvalue weighted by Gasteiger charge is -2.25. The van der Waals surface area contributed by atoms with Crippen molar-refractivity contribution in [2.75, 3.05) is 25.2 Å². The van der Waals surface area contributed by atoms with Crippen LogP contribution in [0.1, 0.15) is 11.1 Å². The minimum atomic E-state index is -1.18. The SMILES string of the molecule is CN(C(=O)C(Cc1cc(F)cc(F)c1)NC(=O)Cc1cc(F)cc2c1OCCO2)c1ccc(Cl)cc1. The molecule has 36 heavy (non-hydrogen) atoms. The van der Waals surface area contributed by atoms with Crippen molar-refractivity contribution in [2.45, 2.75) is 18.9 Å². The normalized spacial score (nSPS) is 13.1. The molecule has 0 aromatic heterocycles. The third-order valence-electron chi connectivity index (χ3n) is 5.57. The predicted molar refractivity (Wildman–Crippen MR) is 128 cm³/mol. The van der Waals surface area contributed by atoms with E-state index in [9.17, 15) is 22.8 Å². The molecular weight excluding hydrogens is 497 g/mol. The second-order valence-corrected chi connectivity index (χ2v) is 8.68. The number of fused-ring (bicyclic) bond motifs is 1. The smallest absolute Gasteiger partial charge is 0.249 e. The Bertz CT molecular complexity index is 1270. The summed E-state index contributed by atoms with van der Waals surface area (Å²) in [6.07, 6.45) is -0.493. The zero-order chi connectivity index (χ0) is 25.8. The van der Waals surface area contributed by atoms with Crippen LogP contribution >= 0.6 is 11.6 Å². The minimum absolute atomic E-state index is 0.176. The number of benzene rings is 3. The zero-order valence-corrected chi connectivity index (χ0v) is 19.9. The molecule has 3 aromatic carbocycles. The summed E-state index contributed by atoms with van der Waals surface area (Å²) in [7, 11) is 1.50. The molecule has 1 atom stereocenters. The number of hydrogen-bond donors (Lipinski definition) is 1. The van der Waals surface area contributed by atoms with Gasteiger partial charge >= 0.3 is 0 Å². The fraction of sp³-hybridized carbons (Fsp3) is 0.231. The molecule has 1 aliphatic rings. The van der Waals surface area contributed by atoms with Gasteiger partial charge in [-0.2, -0.15) is 0 Å². The van der Waals surface area contributed by atoms with Gasteiger partial charge in [0.25, 0.3) is 0 Å². The van der Waals surface area contributed by atoms with Crippen molar-refractivity contribution in [1.29, 1.82) is 0 Å². The first-order chi connectivity index (χ1) is 17.2. The summed E-state index contributed by atoms with van der Waals surface area (Å²) in [4.78, 5) is 27.7. The molecule has 188 valence electrons. The summed E-state index contributed by atoms with van der Waals surface area (Å²) in [6, 6.07) is 10.5. The van der Waals surface area contributed by atoms with Crippen LogP contribution in [0.4, 0.5) is 18.9 Å². The van der Waals surface area contributed by atoms with Crippen molar-refractivity contribution in [3.63, 3.8) is 0 Å². The highest BCUT2D eigenvalue weighted by molar-refractivity contribution is 6.30. The van der Waals surface area contributed by atoms with Gasteiger partial charge < -0.3 is 19.7 Å². The largest absolute Gasteiger partial charge is 0.486 e. The number of hydrogen-bond acceptors (Lipinski definition) is 4. The fourth-order valence-electron chi connectivity index (χ4n) is 3.93. The molecule has 0 radical (unpaired) electrons. The van der Waals surface area contributed by atoms with E-state index < -0.39 is 35.3 Å². The van der Waals surface area contributed by atoms with Gasteiger partial charge in [-0.05, 0) is 48.0 Å². The Balaban J connectivity index is 1.58. The van der Waals surface area contributed by atoms with Crippen LogP contribution in [-0.2, 0) is 22.4 Å². The number of ether oxygens (including phenoxy) is 2. The van der Waals surface area contributed by atoms with Gasteiger partial charge in [-0.3, -0.25) is 9.59 Å². The number of nitrogens with one attached hydrogen (secondary N) is 1. The van der Waals surface area contributed by atoms with Crippen molar-refractivity contribution in [2.24, 2.45) is 0 Å². The summed E-state index contributed by atoms with van der Waals surface area (Å²) in [5, 5.41) is 3.10. The van der Waals surface area contributed by atoms with Crippen molar-refractivity contribution in [1.82, 2.24) is 5.32 Å². The van der Waals surface area contributed by atoms with Crippen LogP contribution in [0.5, 0.6) is 11.5 Å². The molecule has 1 unspecified atom stereocenters. The molecule has 0 saturated carbocycles. The van der Waals surface area contributed by atoms with E-state index in [2.05, 4.69) is 5.32 Å². The molecule has 3 aromatic rings. The van der Waals surface area contributed by atoms with Crippen molar-refractivity contribution < 1.29 is 32.2 Å². The van der Waals surface area contributed by atoms with E-state index in [-0.39, 0.29) is 48.7 Å². The third kappa shape index (κ3) is 6.09. The summed E-state index contributed by atoms with van der Waals surface area (Å²) in [5.41, 5.74) is 0.922. The molecule has 0 saturated heterocycles. The van der Waals surface area contributed by atoms with Crippen LogP contribution < -0.4 is 19.7 Å². The first-order valence-corrected chi connectivity index (χ1v) is 11.4. The van der Waals surface area contributed by atoms with Gasteiger partial charge in [-0.25, -0.2) is 13.2 Å². The van der Waals surface area contributed by atoms with Gasteiger partial charge in [0, 0.05) is 41.9 Å². The summed E-state index contributed by atoms with van der Waals surface area (Å²) < 4.78 is 52.6. The van der Waals surface area contributed by atoms with Gasteiger partial charge in [0.15, 0.2) is 11.5 Å². The Hall–Kier alpha value is -3.72. The Morgan fingerprint density at radius 2 is 1.61 bits per heavy atom. The predicted octanol–water partition coefficient (Wildman–Crippen LogP) is 4.46. The maximum absolute atomic E-state index is 14.1. The van der Waals surface area contributed by atoms with Crippen molar-refractivity contribution >= 4 is 29.1 Å². The summed E-state index contributed by atoms with van der Waals surface area (Å²) in [5.74, 6) is -2.92.